The minimum atomic E-state index is -0.334. The normalized spacial score (nSPS) is 20.3. The number of hydrogen-bond acceptors (Lipinski definition) is 4. The fourth-order valence-corrected chi connectivity index (χ4v) is 2.67. The van der Waals surface area contributed by atoms with E-state index in [-0.39, 0.29) is 5.54 Å². The van der Waals surface area contributed by atoms with Gasteiger partial charge in [-0.15, -0.1) is 10.2 Å². The van der Waals surface area contributed by atoms with E-state index < -0.39 is 0 Å². The van der Waals surface area contributed by atoms with Crippen LogP contribution in [0, 0.1) is 0 Å². The van der Waals surface area contributed by atoms with E-state index in [4.69, 9.17) is 5.73 Å². The molecule has 17 heavy (non-hydrogen) atoms. The lowest BCUT2D eigenvalue weighted by atomic mass is 9.90. The lowest BCUT2D eigenvalue weighted by molar-refractivity contribution is 0.359. The van der Waals surface area contributed by atoms with Crippen LogP contribution in [-0.2, 0) is 5.54 Å². The van der Waals surface area contributed by atoms with Gasteiger partial charge in [-0.1, -0.05) is 25.7 Å². The van der Waals surface area contributed by atoms with Crippen molar-refractivity contribution in [3.8, 4) is 0 Å². The van der Waals surface area contributed by atoms with E-state index in [2.05, 4.69) is 15.2 Å². The Balaban J connectivity index is 2.07. The average Bonchev–Trinajstić information content (AvgIpc) is 2.67. The van der Waals surface area contributed by atoms with Crippen molar-refractivity contribution in [3.63, 3.8) is 0 Å². The van der Waals surface area contributed by atoms with E-state index in [1.54, 1.807) is 6.20 Å². The van der Waals surface area contributed by atoms with Crippen LogP contribution in [0.15, 0.2) is 18.5 Å². The van der Waals surface area contributed by atoms with E-state index in [9.17, 15) is 0 Å². The molecule has 5 nitrogen and oxygen atoms in total. The van der Waals surface area contributed by atoms with Crippen molar-refractivity contribution in [2.24, 2.45) is 5.73 Å². The molecule has 90 valence electrons. The van der Waals surface area contributed by atoms with E-state index in [1.165, 1.54) is 25.7 Å². The van der Waals surface area contributed by atoms with Gasteiger partial charge >= 0.3 is 0 Å². The molecule has 5 heteroatoms. The third-order valence-electron chi connectivity index (χ3n) is 3.63. The Kier molecular flexibility index (Phi) is 2.55. The molecule has 2 N–H and O–H groups in total. The zero-order valence-electron chi connectivity index (χ0n) is 9.84. The van der Waals surface area contributed by atoms with E-state index in [1.807, 2.05) is 16.7 Å². The summed E-state index contributed by atoms with van der Waals surface area (Å²) >= 11 is 0. The number of fused-ring (bicyclic) bond motifs is 1. The van der Waals surface area contributed by atoms with Crippen LogP contribution in [0.25, 0.3) is 5.78 Å². The van der Waals surface area contributed by atoms with Crippen molar-refractivity contribution < 1.29 is 0 Å². The summed E-state index contributed by atoms with van der Waals surface area (Å²) in [5, 5.41) is 8.35. The monoisotopic (exact) mass is 231 g/mol. The van der Waals surface area contributed by atoms with Crippen molar-refractivity contribution in [2.75, 3.05) is 0 Å². The highest BCUT2D eigenvalue weighted by Crippen LogP contribution is 2.32. The summed E-state index contributed by atoms with van der Waals surface area (Å²) < 4.78 is 1.92. The van der Waals surface area contributed by atoms with Crippen LogP contribution in [-0.4, -0.2) is 19.6 Å². The van der Waals surface area contributed by atoms with Crippen molar-refractivity contribution in [3.05, 3.63) is 24.3 Å². The molecular formula is C12H17N5. The number of aromatic nitrogens is 4. The molecule has 2 heterocycles. The van der Waals surface area contributed by atoms with Crippen LogP contribution in [0.3, 0.4) is 0 Å². The molecule has 0 atom stereocenters. The first-order valence-corrected chi connectivity index (χ1v) is 6.25. The van der Waals surface area contributed by atoms with Gasteiger partial charge in [-0.05, 0) is 18.9 Å². The van der Waals surface area contributed by atoms with Crippen molar-refractivity contribution >= 4 is 5.78 Å². The van der Waals surface area contributed by atoms with Gasteiger partial charge < -0.3 is 5.73 Å². The molecule has 1 aliphatic rings. The molecule has 0 saturated heterocycles. The van der Waals surface area contributed by atoms with Crippen molar-refractivity contribution in [1.82, 2.24) is 19.6 Å². The molecule has 3 rings (SSSR count). The van der Waals surface area contributed by atoms with Gasteiger partial charge in [0, 0.05) is 12.4 Å². The van der Waals surface area contributed by atoms with Crippen LogP contribution < -0.4 is 5.73 Å². The molecule has 0 unspecified atom stereocenters. The highest BCUT2D eigenvalue weighted by molar-refractivity contribution is 5.28. The van der Waals surface area contributed by atoms with E-state index >= 15 is 0 Å². The first kappa shape index (κ1) is 10.7. The number of rotatable bonds is 1. The highest BCUT2D eigenvalue weighted by atomic mass is 15.3. The Bertz CT molecular complexity index is 510. The van der Waals surface area contributed by atoms with Gasteiger partial charge in [0.25, 0.3) is 5.78 Å². The highest BCUT2D eigenvalue weighted by Gasteiger charge is 2.33. The lowest BCUT2D eigenvalue weighted by Crippen LogP contribution is -2.38. The number of nitrogens with two attached hydrogens (primary N) is 1. The second-order valence-electron chi connectivity index (χ2n) is 4.88. The van der Waals surface area contributed by atoms with Crippen molar-refractivity contribution in [1.29, 1.82) is 0 Å². The second-order valence-corrected chi connectivity index (χ2v) is 4.88. The summed E-state index contributed by atoms with van der Waals surface area (Å²) in [6.45, 7) is 0. The standard InChI is InChI=1S/C12H17N5/c13-12(6-3-1-2-4-7-12)10-15-16-11-14-8-5-9-17(10)11/h5,8-9H,1-4,6-7,13H2. The van der Waals surface area contributed by atoms with Gasteiger partial charge in [0.05, 0.1) is 5.54 Å². The Morgan fingerprint density at radius 1 is 1.12 bits per heavy atom. The van der Waals surface area contributed by atoms with E-state index in [0.29, 0.717) is 5.78 Å². The molecular weight excluding hydrogens is 214 g/mol. The topological polar surface area (TPSA) is 69.1 Å². The fourth-order valence-electron chi connectivity index (χ4n) is 2.67. The maximum absolute atomic E-state index is 6.54. The van der Waals surface area contributed by atoms with Gasteiger partial charge in [0.1, 0.15) is 0 Å². The first-order valence-electron chi connectivity index (χ1n) is 6.25. The zero-order valence-corrected chi connectivity index (χ0v) is 9.84. The van der Waals surface area contributed by atoms with Crippen LogP contribution in [0.1, 0.15) is 44.3 Å². The quantitative estimate of drug-likeness (QED) is 0.757. The largest absolute Gasteiger partial charge is 0.319 e. The molecule has 1 aliphatic carbocycles. The van der Waals surface area contributed by atoms with Crippen LogP contribution in [0.2, 0.25) is 0 Å². The summed E-state index contributed by atoms with van der Waals surface area (Å²) in [5.41, 5.74) is 6.21. The Hall–Kier alpha value is -1.49. The van der Waals surface area contributed by atoms with E-state index in [0.717, 1.165) is 18.7 Å². The predicted octanol–water partition coefficient (Wildman–Crippen LogP) is 1.63. The minimum Gasteiger partial charge on any atom is -0.319 e. The Morgan fingerprint density at radius 3 is 2.65 bits per heavy atom. The summed E-state index contributed by atoms with van der Waals surface area (Å²) in [6.07, 6.45) is 10.5. The zero-order chi connectivity index (χ0) is 11.7. The number of nitrogens with zero attached hydrogens (tertiary/aromatic N) is 4. The minimum absolute atomic E-state index is 0.334. The Morgan fingerprint density at radius 2 is 1.88 bits per heavy atom. The second kappa shape index (κ2) is 4.07. The molecule has 2 aromatic rings. The van der Waals surface area contributed by atoms with Crippen molar-refractivity contribution in [2.45, 2.75) is 44.1 Å². The predicted molar refractivity (Wildman–Crippen MR) is 64.3 cm³/mol. The molecule has 0 bridgehead atoms. The summed E-state index contributed by atoms with van der Waals surface area (Å²) in [7, 11) is 0. The maximum atomic E-state index is 6.54. The van der Waals surface area contributed by atoms with Gasteiger partial charge in [-0.25, -0.2) is 4.98 Å². The third kappa shape index (κ3) is 1.80. The molecule has 0 radical (unpaired) electrons. The van der Waals surface area contributed by atoms with Gasteiger partial charge in [0.15, 0.2) is 5.82 Å². The van der Waals surface area contributed by atoms with Crippen LogP contribution in [0.5, 0.6) is 0 Å². The number of hydrogen-bond donors (Lipinski definition) is 1. The molecule has 0 aromatic carbocycles. The van der Waals surface area contributed by atoms with Gasteiger partial charge in [-0.3, -0.25) is 4.40 Å². The third-order valence-corrected chi connectivity index (χ3v) is 3.63. The smallest absolute Gasteiger partial charge is 0.255 e. The fraction of sp³-hybridized carbons (Fsp3) is 0.583. The summed E-state index contributed by atoms with van der Waals surface area (Å²) in [5.74, 6) is 1.50. The summed E-state index contributed by atoms with van der Waals surface area (Å²) in [4.78, 5) is 4.19. The average molecular weight is 231 g/mol. The first-order chi connectivity index (χ1) is 8.30. The Labute approximate surface area is 100 Å². The maximum Gasteiger partial charge on any atom is 0.255 e. The van der Waals surface area contributed by atoms with Crippen LogP contribution >= 0.6 is 0 Å². The van der Waals surface area contributed by atoms with Gasteiger partial charge in [0.2, 0.25) is 0 Å². The molecule has 1 saturated carbocycles. The van der Waals surface area contributed by atoms with Gasteiger partial charge in [-0.2, -0.15) is 0 Å². The molecule has 0 amide bonds. The summed E-state index contributed by atoms with van der Waals surface area (Å²) in [6, 6.07) is 1.89. The molecule has 0 aliphatic heterocycles. The molecule has 0 spiro atoms. The SMILES string of the molecule is NC1(c2nnc3ncccn23)CCCCCC1. The lowest BCUT2D eigenvalue weighted by Gasteiger charge is -2.25. The molecule has 1 fully saturated rings. The van der Waals surface area contributed by atoms with Crippen LogP contribution in [0.4, 0.5) is 0 Å². The molecule has 2 aromatic heterocycles.